The molecule has 1 heterocycles. The predicted octanol–water partition coefficient (Wildman–Crippen LogP) is 4.17. The maximum Gasteiger partial charge on any atom is 0.269 e. The van der Waals surface area contributed by atoms with Crippen LogP contribution in [0.1, 0.15) is 54.4 Å². The van der Waals surface area contributed by atoms with Gasteiger partial charge in [0, 0.05) is 13.6 Å². The van der Waals surface area contributed by atoms with Crippen molar-refractivity contribution in [3.63, 3.8) is 0 Å². The zero-order valence-electron chi connectivity index (χ0n) is 16.0. The highest BCUT2D eigenvalue weighted by Crippen LogP contribution is 2.14. The van der Waals surface area contributed by atoms with E-state index in [2.05, 4.69) is 29.5 Å². The number of ether oxygens (including phenoxy) is 1. The van der Waals surface area contributed by atoms with E-state index in [0.29, 0.717) is 18.8 Å². The van der Waals surface area contributed by atoms with Gasteiger partial charge in [0.25, 0.3) is 5.91 Å². The summed E-state index contributed by atoms with van der Waals surface area (Å²) >= 11 is 0. The van der Waals surface area contributed by atoms with Gasteiger partial charge in [-0.3, -0.25) is 9.48 Å². The fraction of sp³-hybridized carbons (Fsp3) is 0.429. The lowest BCUT2D eigenvalue weighted by atomic mass is 10.2. The average Bonchev–Trinajstić information content (AvgIpc) is 2.97. The summed E-state index contributed by atoms with van der Waals surface area (Å²) in [5.41, 5.74) is 2.40. The molecule has 0 aliphatic carbocycles. The topological polar surface area (TPSA) is 56.1 Å². The molecule has 0 saturated heterocycles. The molecule has 0 radical (unpaired) electrons. The smallest absolute Gasteiger partial charge is 0.269 e. The van der Waals surface area contributed by atoms with Gasteiger partial charge in [0.15, 0.2) is 0 Å². The zero-order chi connectivity index (χ0) is 18.8. The van der Waals surface area contributed by atoms with Crippen LogP contribution in [0.25, 0.3) is 0 Å². The Balaban J connectivity index is 1.78. The zero-order valence-corrected chi connectivity index (χ0v) is 16.0. The van der Waals surface area contributed by atoms with Crippen molar-refractivity contribution in [1.82, 2.24) is 15.1 Å². The molecule has 2 aromatic rings. The van der Waals surface area contributed by atoms with Crippen LogP contribution >= 0.6 is 0 Å². The van der Waals surface area contributed by atoms with Crippen molar-refractivity contribution in [1.29, 1.82) is 0 Å². The number of allylic oxidation sites excluding steroid dienone is 1. The molecule has 1 aromatic carbocycles. The molecule has 0 aliphatic rings. The third kappa shape index (κ3) is 6.39. The quantitative estimate of drug-likeness (QED) is 0.514. The first-order valence-corrected chi connectivity index (χ1v) is 9.25. The van der Waals surface area contributed by atoms with Crippen LogP contribution in [-0.2, 0) is 13.6 Å². The highest BCUT2D eigenvalue weighted by molar-refractivity contribution is 5.92. The number of rotatable bonds is 10. The molecule has 0 saturated carbocycles. The van der Waals surface area contributed by atoms with E-state index in [4.69, 9.17) is 4.74 Å². The molecule has 2 rings (SSSR count). The molecule has 0 atom stereocenters. The SMILES string of the molecule is CCCCC=CCCOc1cccc(CNC(=O)c2cc(C)nn2C)c1. The Morgan fingerprint density at radius 1 is 1.27 bits per heavy atom. The molecule has 1 N–H and O–H groups in total. The molecular weight excluding hydrogens is 326 g/mol. The summed E-state index contributed by atoms with van der Waals surface area (Å²) in [7, 11) is 1.77. The van der Waals surface area contributed by atoms with Crippen molar-refractivity contribution in [2.75, 3.05) is 6.61 Å². The van der Waals surface area contributed by atoms with Gasteiger partial charge in [-0.15, -0.1) is 0 Å². The number of nitrogens with one attached hydrogen (secondary N) is 1. The van der Waals surface area contributed by atoms with E-state index in [-0.39, 0.29) is 5.91 Å². The molecular formula is C21H29N3O2. The minimum absolute atomic E-state index is 0.128. The molecule has 0 bridgehead atoms. The number of aryl methyl sites for hydroxylation is 2. The first kappa shape index (κ1) is 19.8. The molecule has 0 aliphatic heterocycles. The van der Waals surface area contributed by atoms with E-state index in [0.717, 1.165) is 29.8 Å². The maximum absolute atomic E-state index is 12.2. The van der Waals surface area contributed by atoms with Crippen molar-refractivity contribution in [3.8, 4) is 5.75 Å². The summed E-state index contributed by atoms with van der Waals surface area (Å²) in [5, 5.41) is 7.12. The number of unbranched alkanes of at least 4 members (excludes halogenated alkanes) is 2. The number of benzene rings is 1. The molecule has 0 fully saturated rings. The second kappa shape index (κ2) is 10.4. The lowest BCUT2D eigenvalue weighted by Crippen LogP contribution is -2.25. The summed E-state index contributed by atoms with van der Waals surface area (Å²) in [6, 6.07) is 9.61. The molecule has 1 aromatic heterocycles. The van der Waals surface area contributed by atoms with Gasteiger partial charge in [-0.1, -0.05) is 44.1 Å². The summed E-state index contributed by atoms with van der Waals surface area (Å²) in [6.45, 7) is 5.19. The van der Waals surface area contributed by atoms with Crippen LogP contribution < -0.4 is 10.1 Å². The number of amides is 1. The van der Waals surface area contributed by atoms with Crippen molar-refractivity contribution in [2.45, 2.75) is 46.1 Å². The molecule has 1 amide bonds. The Bertz CT molecular complexity index is 735. The number of carbonyl (C=O) groups excluding carboxylic acids is 1. The summed E-state index contributed by atoms with van der Waals surface area (Å²) in [5.74, 6) is 0.701. The summed E-state index contributed by atoms with van der Waals surface area (Å²) in [6.07, 6.45) is 8.91. The Kier molecular flexibility index (Phi) is 7.93. The van der Waals surface area contributed by atoms with Gasteiger partial charge in [-0.2, -0.15) is 5.10 Å². The van der Waals surface area contributed by atoms with Gasteiger partial charge in [-0.05, 0) is 43.5 Å². The highest BCUT2D eigenvalue weighted by Gasteiger charge is 2.11. The van der Waals surface area contributed by atoms with Crippen molar-refractivity contribution in [3.05, 3.63) is 59.4 Å². The molecule has 0 unspecified atom stereocenters. The van der Waals surface area contributed by atoms with E-state index < -0.39 is 0 Å². The summed E-state index contributed by atoms with van der Waals surface area (Å²) in [4.78, 5) is 12.2. The predicted molar refractivity (Wildman–Crippen MR) is 104 cm³/mol. The third-order valence-electron chi connectivity index (χ3n) is 4.03. The van der Waals surface area contributed by atoms with E-state index in [1.54, 1.807) is 17.8 Å². The van der Waals surface area contributed by atoms with Gasteiger partial charge in [0.05, 0.1) is 12.3 Å². The minimum Gasteiger partial charge on any atom is -0.493 e. The van der Waals surface area contributed by atoms with Crippen LogP contribution in [0.5, 0.6) is 5.75 Å². The number of nitrogens with zero attached hydrogens (tertiary/aromatic N) is 2. The largest absolute Gasteiger partial charge is 0.493 e. The monoisotopic (exact) mass is 355 g/mol. The minimum atomic E-state index is -0.128. The fourth-order valence-electron chi connectivity index (χ4n) is 2.64. The third-order valence-corrected chi connectivity index (χ3v) is 4.03. The average molecular weight is 355 g/mol. The Morgan fingerprint density at radius 3 is 2.81 bits per heavy atom. The van der Waals surface area contributed by atoms with E-state index >= 15 is 0 Å². The second-order valence-corrected chi connectivity index (χ2v) is 6.38. The molecule has 5 nitrogen and oxygen atoms in total. The van der Waals surface area contributed by atoms with Gasteiger partial charge in [0.1, 0.15) is 11.4 Å². The van der Waals surface area contributed by atoms with Crippen molar-refractivity contribution in [2.24, 2.45) is 7.05 Å². The Morgan fingerprint density at radius 2 is 2.08 bits per heavy atom. The van der Waals surface area contributed by atoms with Crippen LogP contribution in [0.3, 0.4) is 0 Å². The summed E-state index contributed by atoms with van der Waals surface area (Å²) < 4.78 is 7.38. The Labute approximate surface area is 156 Å². The van der Waals surface area contributed by atoms with Crippen molar-refractivity contribution < 1.29 is 9.53 Å². The van der Waals surface area contributed by atoms with Gasteiger partial charge in [-0.25, -0.2) is 0 Å². The number of carbonyl (C=O) groups is 1. The first-order chi connectivity index (χ1) is 12.6. The molecule has 140 valence electrons. The van der Waals surface area contributed by atoms with Crippen LogP contribution in [0, 0.1) is 6.92 Å². The number of hydrogen-bond acceptors (Lipinski definition) is 3. The Hall–Kier alpha value is -2.56. The van der Waals surface area contributed by atoms with Gasteiger partial charge in [0.2, 0.25) is 0 Å². The van der Waals surface area contributed by atoms with E-state index in [1.165, 1.54) is 12.8 Å². The van der Waals surface area contributed by atoms with Crippen LogP contribution in [0.4, 0.5) is 0 Å². The lowest BCUT2D eigenvalue weighted by molar-refractivity contribution is 0.0941. The van der Waals surface area contributed by atoms with Crippen LogP contribution in [-0.4, -0.2) is 22.3 Å². The molecule has 5 heteroatoms. The molecule has 0 spiro atoms. The lowest BCUT2D eigenvalue weighted by Gasteiger charge is -2.08. The normalized spacial score (nSPS) is 11.0. The van der Waals surface area contributed by atoms with Gasteiger partial charge >= 0.3 is 0 Å². The molecule has 26 heavy (non-hydrogen) atoms. The van der Waals surface area contributed by atoms with Crippen LogP contribution in [0.2, 0.25) is 0 Å². The number of hydrogen-bond donors (Lipinski definition) is 1. The van der Waals surface area contributed by atoms with Crippen molar-refractivity contribution >= 4 is 5.91 Å². The van der Waals surface area contributed by atoms with E-state index in [9.17, 15) is 4.79 Å². The maximum atomic E-state index is 12.2. The first-order valence-electron chi connectivity index (χ1n) is 9.25. The second-order valence-electron chi connectivity index (χ2n) is 6.38. The highest BCUT2D eigenvalue weighted by atomic mass is 16.5. The number of aromatic nitrogens is 2. The standard InChI is InChI=1S/C21H29N3O2/c1-4-5-6-7-8-9-13-26-19-12-10-11-18(15-19)16-22-21(25)20-14-17(2)23-24(20)3/h7-8,10-12,14-15H,4-6,9,13,16H2,1-3H3,(H,22,25). The fourth-order valence-corrected chi connectivity index (χ4v) is 2.64. The van der Waals surface area contributed by atoms with Crippen LogP contribution in [0.15, 0.2) is 42.5 Å². The van der Waals surface area contributed by atoms with Gasteiger partial charge < -0.3 is 10.1 Å². The van der Waals surface area contributed by atoms with E-state index in [1.807, 2.05) is 31.2 Å².